The number of nitrogens with zero attached hydrogens (tertiary/aromatic N) is 3. The number of aliphatic hydroxyl groups is 1. The summed E-state index contributed by atoms with van der Waals surface area (Å²) in [5.74, 6) is 4.82. The topological polar surface area (TPSA) is 215 Å². The third kappa shape index (κ3) is 10.4. The molecule has 5 amide bonds. The average Bonchev–Trinajstić information content (AvgIpc) is 3.96. The fourth-order valence-corrected chi connectivity index (χ4v) is 8.12. The lowest BCUT2D eigenvalue weighted by atomic mass is 9.85. The number of carbonyl (C=O) groups excluding carboxylic acids is 5. The average molecular weight is 838 g/mol. The highest BCUT2D eigenvalue weighted by Crippen LogP contribution is 2.33. The van der Waals surface area contributed by atoms with Crippen molar-refractivity contribution >= 4 is 51.6 Å². The second-order valence-corrected chi connectivity index (χ2v) is 17.0. The Bertz CT molecular complexity index is 2330. The Morgan fingerprint density at radius 2 is 1.90 bits per heavy atom. The van der Waals surface area contributed by atoms with Crippen molar-refractivity contribution in [2.45, 2.75) is 97.0 Å². The first-order valence-corrected chi connectivity index (χ1v) is 20.8. The molecule has 2 aromatic heterocycles. The highest BCUT2D eigenvalue weighted by Gasteiger charge is 2.44. The molecule has 0 aliphatic carbocycles. The number of benzene rings is 2. The summed E-state index contributed by atoms with van der Waals surface area (Å²) in [7, 11) is 1.43. The Morgan fingerprint density at radius 3 is 2.55 bits per heavy atom. The maximum Gasteiger partial charge on any atom is 0.252 e. The highest BCUT2D eigenvalue weighted by atomic mass is 32.1. The zero-order valence-corrected chi connectivity index (χ0v) is 35.2. The van der Waals surface area contributed by atoms with E-state index in [0.717, 1.165) is 21.7 Å². The summed E-state index contributed by atoms with van der Waals surface area (Å²) in [4.78, 5) is 76.0. The zero-order chi connectivity index (χ0) is 43.1. The molecule has 15 nitrogen and oxygen atoms in total. The Morgan fingerprint density at radius 1 is 1.13 bits per heavy atom. The van der Waals surface area contributed by atoms with Gasteiger partial charge in [0.15, 0.2) is 0 Å². The number of pyridine rings is 1. The molecular formula is C44H51N7O8S. The lowest BCUT2D eigenvalue weighted by Crippen LogP contribution is -2.57. The number of nitrogens with one attached hydrogen (secondary N) is 3. The number of hydrogen-bond donors (Lipinski definition) is 5. The van der Waals surface area contributed by atoms with Crippen molar-refractivity contribution in [1.82, 2.24) is 30.8 Å². The lowest BCUT2D eigenvalue weighted by molar-refractivity contribution is -0.144. The van der Waals surface area contributed by atoms with Gasteiger partial charge in [-0.15, -0.1) is 11.3 Å². The van der Waals surface area contributed by atoms with Gasteiger partial charge in [-0.05, 0) is 48.4 Å². The highest BCUT2D eigenvalue weighted by molar-refractivity contribution is 7.13. The first kappa shape index (κ1) is 43.5. The van der Waals surface area contributed by atoms with E-state index in [9.17, 15) is 29.1 Å². The number of hydrogen-bond acceptors (Lipinski definition) is 11. The number of methoxy groups -OCH3 is 1. The minimum atomic E-state index is -0.959. The van der Waals surface area contributed by atoms with E-state index in [1.54, 1.807) is 29.0 Å². The first-order valence-electron chi connectivity index (χ1n) is 19.9. The molecule has 2 aliphatic heterocycles. The monoisotopic (exact) mass is 837 g/mol. The molecule has 2 aliphatic rings. The summed E-state index contributed by atoms with van der Waals surface area (Å²) in [6.45, 7) is 7.89. The van der Waals surface area contributed by atoms with Gasteiger partial charge in [0.25, 0.3) is 5.91 Å². The normalized spacial score (nSPS) is 18.0. The van der Waals surface area contributed by atoms with Crippen LogP contribution in [0.1, 0.15) is 86.5 Å². The Kier molecular flexibility index (Phi) is 13.7. The van der Waals surface area contributed by atoms with Crippen LogP contribution in [0.25, 0.3) is 21.2 Å². The molecule has 2 aromatic carbocycles. The largest absolute Gasteiger partial charge is 0.496 e. The molecule has 60 heavy (non-hydrogen) atoms. The van der Waals surface area contributed by atoms with Gasteiger partial charge in [0.1, 0.15) is 24.4 Å². The third-order valence-electron chi connectivity index (χ3n) is 10.6. The van der Waals surface area contributed by atoms with Crippen molar-refractivity contribution in [3.8, 4) is 33.9 Å². The van der Waals surface area contributed by atoms with Crippen LogP contribution in [0.2, 0.25) is 0 Å². The third-order valence-corrected chi connectivity index (χ3v) is 11.6. The van der Waals surface area contributed by atoms with E-state index in [4.69, 9.17) is 15.2 Å². The predicted molar refractivity (Wildman–Crippen MR) is 226 cm³/mol. The molecule has 4 atom stereocenters. The first-order chi connectivity index (χ1) is 28.6. The summed E-state index contributed by atoms with van der Waals surface area (Å²) in [5, 5.41) is 20.4. The van der Waals surface area contributed by atoms with Crippen LogP contribution in [-0.2, 0) is 25.7 Å². The molecule has 0 spiro atoms. The Hall–Kier alpha value is -6.05. The number of amides is 5. The number of nitrogens with two attached hydrogens (primary N) is 1. The fourth-order valence-electron chi connectivity index (χ4n) is 7.31. The van der Waals surface area contributed by atoms with Crippen LogP contribution in [-0.4, -0.2) is 94.0 Å². The molecule has 6 rings (SSSR count). The molecule has 4 aromatic rings. The molecule has 6 N–H and O–H groups in total. The molecule has 4 heterocycles. The quantitative estimate of drug-likeness (QED) is 0.0916. The van der Waals surface area contributed by atoms with E-state index < -0.39 is 35.4 Å². The van der Waals surface area contributed by atoms with Crippen molar-refractivity contribution in [1.29, 1.82) is 0 Å². The van der Waals surface area contributed by atoms with Crippen LogP contribution in [0.5, 0.6) is 11.6 Å². The molecular weight excluding hydrogens is 787 g/mol. The summed E-state index contributed by atoms with van der Waals surface area (Å²) >= 11 is 1.56. The lowest BCUT2D eigenvalue weighted by Gasteiger charge is -2.35. The molecule has 16 heteroatoms. The minimum absolute atomic E-state index is 0.0268. The summed E-state index contributed by atoms with van der Waals surface area (Å²) in [5.41, 5.74) is 10.3. The van der Waals surface area contributed by atoms with E-state index >= 15 is 0 Å². The maximum absolute atomic E-state index is 14.1. The molecule has 0 bridgehead atoms. The van der Waals surface area contributed by atoms with Gasteiger partial charge in [0, 0.05) is 55.7 Å². The second kappa shape index (κ2) is 18.9. The van der Waals surface area contributed by atoms with Crippen LogP contribution in [0.15, 0.2) is 48.1 Å². The van der Waals surface area contributed by atoms with E-state index in [1.807, 2.05) is 52.0 Å². The van der Waals surface area contributed by atoms with Gasteiger partial charge in [0.05, 0.1) is 46.5 Å². The number of ether oxygens (including phenoxy) is 2. The van der Waals surface area contributed by atoms with Crippen molar-refractivity contribution in [3.05, 3.63) is 70.5 Å². The van der Waals surface area contributed by atoms with Crippen molar-refractivity contribution in [2.75, 3.05) is 20.3 Å². The molecule has 0 unspecified atom stereocenters. The van der Waals surface area contributed by atoms with Crippen LogP contribution in [0.4, 0.5) is 0 Å². The van der Waals surface area contributed by atoms with Crippen molar-refractivity contribution < 1.29 is 38.6 Å². The summed E-state index contributed by atoms with van der Waals surface area (Å²) in [6, 6.07) is 9.04. The number of rotatable bonds is 14. The van der Waals surface area contributed by atoms with Gasteiger partial charge < -0.3 is 41.2 Å². The van der Waals surface area contributed by atoms with Gasteiger partial charge in [-0.1, -0.05) is 56.9 Å². The van der Waals surface area contributed by atoms with Gasteiger partial charge >= 0.3 is 0 Å². The standard InChI is InChI=1S/C44H51N7O8S/c1-25-38(60-24-48-25)27-13-11-26(12-14-27)20-46-41(56)34-17-30(52)22-51(34)43(57)39(44(2,3)4)50-36(53)10-8-6-7-9-28-21-47-42(59-23-29-15-16-37(54)49-29)32-19-35(58-5)33(40(45)55)18-31(28)32/h11-14,18-19,21,24,29-30,34,39,52H,6,8,10,15-17,20,22-23H2,1-5H3,(H2,45,55)(H,46,56)(H,49,54)(H,50,53)/t29-,30+,34-,39+/m0/s1. The number of fused-ring (bicyclic) bond motifs is 1. The number of aromatic nitrogens is 2. The number of aryl methyl sites for hydroxylation is 1. The Balaban J connectivity index is 1.07. The summed E-state index contributed by atoms with van der Waals surface area (Å²) in [6.07, 6.45) is 2.60. The van der Waals surface area contributed by atoms with Crippen LogP contribution in [0, 0.1) is 24.2 Å². The summed E-state index contributed by atoms with van der Waals surface area (Å²) < 4.78 is 11.4. The number of β-amino-alcohol motifs (C(OH)–C–C–N with tert-alkyl or cyclic N) is 1. The number of unbranched alkanes of at least 4 members (excludes halogenated alkanes) is 1. The molecule has 0 saturated carbocycles. The van der Waals surface area contributed by atoms with Gasteiger partial charge in [-0.2, -0.15) is 0 Å². The number of thiazole rings is 1. The maximum atomic E-state index is 14.1. The van der Waals surface area contributed by atoms with Crippen LogP contribution in [0.3, 0.4) is 0 Å². The van der Waals surface area contributed by atoms with Gasteiger partial charge in [0.2, 0.25) is 29.5 Å². The predicted octanol–water partition coefficient (Wildman–Crippen LogP) is 3.76. The molecule has 316 valence electrons. The van der Waals surface area contributed by atoms with Crippen molar-refractivity contribution in [2.24, 2.45) is 11.1 Å². The fraction of sp³-hybridized carbons (Fsp3) is 0.432. The van der Waals surface area contributed by atoms with Crippen LogP contribution >= 0.6 is 11.3 Å². The van der Waals surface area contributed by atoms with E-state index in [2.05, 4.69) is 37.8 Å². The van der Waals surface area contributed by atoms with E-state index in [1.165, 1.54) is 18.2 Å². The smallest absolute Gasteiger partial charge is 0.252 e. The molecule has 2 saturated heterocycles. The molecule has 0 radical (unpaired) electrons. The van der Waals surface area contributed by atoms with Gasteiger partial charge in [-0.3, -0.25) is 24.0 Å². The number of aliphatic hydroxyl groups excluding tert-OH is 1. The van der Waals surface area contributed by atoms with Crippen LogP contribution < -0.4 is 31.2 Å². The minimum Gasteiger partial charge on any atom is -0.496 e. The number of likely N-dealkylation sites (tertiary alicyclic amines) is 1. The Labute approximate surface area is 352 Å². The molecule has 2 fully saturated rings. The number of primary amides is 1. The van der Waals surface area contributed by atoms with Crippen molar-refractivity contribution in [3.63, 3.8) is 0 Å². The van der Waals surface area contributed by atoms with E-state index in [0.29, 0.717) is 42.0 Å². The second-order valence-electron chi connectivity index (χ2n) is 16.2. The van der Waals surface area contributed by atoms with E-state index in [-0.39, 0.29) is 73.5 Å². The SMILES string of the molecule is COc1cc2c(OC[C@@H]3CCC(=O)N3)ncc(C#CCCCC(=O)N[C@H](C(=O)N3C[C@H](O)C[C@H]3C(=O)NCc3ccc(-c4scnc4C)cc3)C(C)(C)C)c2cc1C(N)=O. The van der Waals surface area contributed by atoms with Gasteiger partial charge in [-0.25, -0.2) is 9.97 Å². The number of carbonyl (C=O) groups is 5. The zero-order valence-electron chi connectivity index (χ0n) is 34.4.